The zero-order valence-electron chi connectivity index (χ0n) is 14.3. The Balaban J connectivity index is 1.41. The Morgan fingerprint density at radius 2 is 2.16 bits per heavy atom. The van der Waals surface area contributed by atoms with Crippen LogP contribution in [0.2, 0.25) is 0 Å². The number of carbonyl (C=O) groups is 1. The maximum absolute atomic E-state index is 12.0. The van der Waals surface area contributed by atoms with Gasteiger partial charge in [0.1, 0.15) is 12.7 Å². The van der Waals surface area contributed by atoms with Crippen LogP contribution in [-0.2, 0) is 17.9 Å². The summed E-state index contributed by atoms with van der Waals surface area (Å²) in [5.74, 6) is 0.0427. The van der Waals surface area contributed by atoms with Gasteiger partial charge in [-0.3, -0.25) is 14.4 Å². The topological polar surface area (TPSA) is 83.3 Å². The molecule has 2 N–H and O–H groups in total. The van der Waals surface area contributed by atoms with Gasteiger partial charge in [0, 0.05) is 38.6 Å². The van der Waals surface area contributed by atoms with E-state index < -0.39 is 0 Å². The number of hydrogen-bond acceptors (Lipinski definition) is 5. The summed E-state index contributed by atoms with van der Waals surface area (Å²) < 4.78 is 1.72. The first-order valence-electron chi connectivity index (χ1n) is 8.76. The van der Waals surface area contributed by atoms with Gasteiger partial charge in [-0.15, -0.1) is 0 Å². The minimum absolute atomic E-state index is 0.0427. The van der Waals surface area contributed by atoms with Crippen molar-refractivity contribution in [2.24, 2.45) is 0 Å². The van der Waals surface area contributed by atoms with Crippen molar-refractivity contribution in [3.05, 3.63) is 48.5 Å². The Morgan fingerprint density at radius 3 is 2.92 bits per heavy atom. The van der Waals surface area contributed by atoms with Crippen LogP contribution in [-0.4, -0.2) is 55.9 Å². The van der Waals surface area contributed by atoms with Crippen LogP contribution in [0.1, 0.15) is 24.8 Å². The lowest BCUT2D eigenvalue weighted by atomic mass is 10.1. The first kappa shape index (κ1) is 17.6. The van der Waals surface area contributed by atoms with Gasteiger partial charge in [-0.25, -0.2) is 4.98 Å². The largest absolute Gasteiger partial charge is 0.392 e. The number of β-amino-alcohol motifs (C(OH)–C–C–N with tert-alkyl or cyclic N) is 1. The summed E-state index contributed by atoms with van der Waals surface area (Å²) in [6.45, 7) is 2.72. The molecule has 1 amide bonds. The average Bonchev–Trinajstić information content (AvgIpc) is 3.24. The predicted octanol–water partition coefficient (Wildman–Crippen LogP) is 0.810. The number of benzene rings is 1. The van der Waals surface area contributed by atoms with Crippen molar-refractivity contribution in [2.45, 2.75) is 44.5 Å². The monoisotopic (exact) mass is 343 g/mol. The lowest BCUT2D eigenvalue weighted by Gasteiger charge is -2.24. The quantitative estimate of drug-likeness (QED) is 0.741. The van der Waals surface area contributed by atoms with Crippen LogP contribution in [0.25, 0.3) is 0 Å². The second kappa shape index (κ2) is 8.73. The average molecular weight is 343 g/mol. The van der Waals surface area contributed by atoms with Gasteiger partial charge in [-0.1, -0.05) is 30.3 Å². The highest BCUT2D eigenvalue weighted by Gasteiger charge is 2.30. The number of aliphatic hydroxyl groups excluding tert-OH is 1. The lowest BCUT2D eigenvalue weighted by Crippen LogP contribution is -2.39. The Hall–Kier alpha value is -2.25. The van der Waals surface area contributed by atoms with Crippen molar-refractivity contribution in [3.8, 4) is 0 Å². The number of likely N-dealkylation sites (tertiary alicyclic amines) is 1. The summed E-state index contributed by atoms with van der Waals surface area (Å²) >= 11 is 0. The highest BCUT2D eigenvalue weighted by atomic mass is 16.3. The van der Waals surface area contributed by atoms with Crippen LogP contribution in [0.15, 0.2) is 43.0 Å². The molecule has 1 aliphatic rings. The number of rotatable bonds is 8. The zero-order valence-corrected chi connectivity index (χ0v) is 14.3. The van der Waals surface area contributed by atoms with E-state index >= 15 is 0 Å². The molecule has 1 aromatic carbocycles. The van der Waals surface area contributed by atoms with Crippen molar-refractivity contribution in [3.63, 3.8) is 0 Å². The lowest BCUT2D eigenvalue weighted by molar-refractivity contribution is -0.121. The third-order valence-corrected chi connectivity index (χ3v) is 4.53. The summed E-state index contributed by atoms with van der Waals surface area (Å²) in [4.78, 5) is 18.2. The number of hydrogen-bond donors (Lipinski definition) is 2. The molecule has 7 heteroatoms. The van der Waals surface area contributed by atoms with Gasteiger partial charge in [0.2, 0.25) is 5.91 Å². The molecule has 0 radical (unpaired) electrons. The molecule has 2 atom stereocenters. The summed E-state index contributed by atoms with van der Waals surface area (Å²) in [5, 5.41) is 17.0. The molecule has 25 heavy (non-hydrogen) atoms. The molecule has 3 rings (SSSR count). The summed E-state index contributed by atoms with van der Waals surface area (Å²) in [6.07, 6.45) is 4.72. The molecule has 2 unspecified atom stereocenters. The number of nitrogens with one attached hydrogen (secondary N) is 1. The normalized spacial score (nSPS) is 20.7. The molecule has 1 aliphatic heterocycles. The van der Waals surface area contributed by atoms with E-state index in [4.69, 9.17) is 0 Å². The highest BCUT2D eigenvalue weighted by molar-refractivity contribution is 5.75. The van der Waals surface area contributed by atoms with E-state index in [9.17, 15) is 9.90 Å². The van der Waals surface area contributed by atoms with Crippen LogP contribution in [0, 0.1) is 0 Å². The molecular weight excluding hydrogens is 318 g/mol. The number of aliphatic hydroxyl groups is 1. The minimum Gasteiger partial charge on any atom is -0.392 e. The first-order valence-corrected chi connectivity index (χ1v) is 8.76. The Bertz CT molecular complexity index is 647. The third kappa shape index (κ3) is 5.37. The van der Waals surface area contributed by atoms with Gasteiger partial charge in [0.05, 0.1) is 6.10 Å². The number of carbonyl (C=O) groups excluding carboxylic acids is 1. The molecule has 2 heterocycles. The van der Waals surface area contributed by atoms with E-state index in [-0.39, 0.29) is 18.1 Å². The molecule has 1 fully saturated rings. The Labute approximate surface area is 147 Å². The van der Waals surface area contributed by atoms with Crippen molar-refractivity contribution in [1.82, 2.24) is 25.0 Å². The van der Waals surface area contributed by atoms with Crippen molar-refractivity contribution in [1.29, 1.82) is 0 Å². The molecule has 0 aliphatic carbocycles. The van der Waals surface area contributed by atoms with E-state index in [1.807, 2.05) is 18.2 Å². The number of aryl methyl sites for hydroxylation is 1. The summed E-state index contributed by atoms with van der Waals surface area (Å²) in [6, 6.07) is 10.4. The van der Waals surface area contributed by atoms with E-state index in [1.54, 1.807) is 11.0 Å². The van der Waals surface area contributed by atoms with Crippen molar-refractivity contribution >= 4 is 5.91 Å². The smallest absolute Gasteiger partial charge is 0.220 e. The number of amides is 1. The van der Waals surface area contributed by atoms with Gasteiger partial charge in [-0.2, -0.15) is 5.10 Å². The van der Waals surface area contributed by atoms with Gasteiger partial charge < -0.3 is 10.4 Å². The van der Waals surface area contributed by atoms with E-state index in [0.717, 1.165) is 13.0 Å². The van der Waals surface area contributed by atoms with Gasteiger partial charge in [0.25, 0.3) is 0 Å². The molecule has 7 nitrogen and oxygen atoms in total. The molecule has 2 aromatic rings. The molecular formula is C18H25N5O2. The zero-order chi connectivity index (χ0) is 17.5. The van der Waals surface area contributed by atoms with Crippen LogP contribution in [0.5, 0.6) is 0 Å². The van der Waals surface area contributed by atoms with Gasteiger partial charge >= 0.3 is 0 Å². The van der Waals surface area contributed by atoms with E-state index in [1.165, 1.54) is 11.9 Å². The number of nitrogens with zero attached hydrogens (tertiary/aromatic N) is 4. The van der Waals surface area contributed by atoms with Crippen LogP contribution in [0.3, 0.4) is 0 Å². The second-order valence-electron chi connectivity index (χ2n) is 6.52. The van der Waals surface area contributed by atoms with Gasteiger partial charge in [-0.05, 0) is 18.4 Å². The van der Waals surface area contributed by atoms with Crippen LogP contribution < -0.4 is 5.32 Å². The predicted molar refractivity (Wildman–Crippen MR) is 93.5 cm³/mol. The van der Waals surface area contributed by atoms with Crippen molar-refractivity contribution in [2.75, 3.05) is 13.1 Å². The molecule has 0 bridgehead atoms. The van der Waals surface area contributed by atoms with Crippen molar-refractivity contribution < 1.29 is 9.90 Å². The maximum Gasteiger partial charge on any atom is 0.220 e. The summed E-state index contributed by atoms with van der Waals surface area (Å²) in [5.41, 5.74) is 1.22. The minimum atomic E-state index is -0.321. The third-order valence-electron chi connectivity index (χ3n) is 4.53. The number of aromatic nitrogens is 3. The first-order chi connectivity index (χ1) is 12.2. The maximum atomic E-state index is 12.0. The molecule has 134 valence electrons. The standard InChI is InChI=1S/C18H25N5O2/c24-17-9-16(22(12-17)11-15-5-2-1-3-6-15)10-20-18(25)7-4-8-23-14-19-13-21-23/h1-3,5-6,13-14,16-17,24H,4,7-12H2,(H,20,25). The second-order valence-corrected chi connectivity index (χ2v) is 6.52. The van der Waals surface area contributed by atoms with Gasteiger partial charge in [0.15, 0.2) is 0 Å². The SMILES string of the molecule is O=C(CCCn1cncn1)NCC1CC(O)CN1Cc1ccccc1. The molecule has 0 spiro atoms. The summed E-state index contributed by atoms with van der Waals surface area (Å²) in [7, 11) is 0. The highest BCUT2D eigenvalue weighted by Crippen LogP contribution is 2.20. The fourth-order valence-corrected chi connectivity index (χ4v) is 3.25. The molecule has 1 saturated heterocycles. The Morgan fingerprint density at radius 1 is 1.32 bits per heavy atom. The van der Waals surface area contributed by atoms with E-state index in [2.05, 4.69) is 32.4 Å². The van der Waals surface area contributed by atoms with E-state index in [0.29, 0.717) is 32.5 Å². The molecule has 0 saturated carbocycles. The van der Waals surface area contributed by atoms with Crippen LogP contribution >= 0.6 is 0 Å². The fraction of sp³-hybridized carbons (Fsp3) is 0.500. The fourth-order valence-electron chi connectivity index (χ4n) is 3.25. The van der Waals surface area contributed by atoms with Crippen LogP contribution in [0.4, 0.5) is 0 Å². The Kier molecular flexibility index (Phi) is 6.14. The molecule has 1 aromatic heterocycles.